The van der Waals surface area contributed by atoms with E-state index in [1.54, 1.807) is 6.07 Å². The Morgan fingerprint density at radius 2 is 2.04 bits per heavy atom. The summed E-state index contributed by atoms with van der Waals surface area (Å²) in [6.07, 6.45) is 0. The van der Waals surface area contributed by atoms with E-state index in [2.05, 4.69) is 23.8 Å². The Morgan fingerprint density at radius 1 is 1.26 bits per heavy atom. The van der Waals surface area contributed by atoms with E-state index in [9.17, 15) is 10.1 Å². The van der Waals surface area contributed by atoms with Crippen molar-refractivity contribution in [3.05, 3.63) is 64.0 Å². The first-order valence-corrected chi connectivity index (χ1v) is 7.39. The number of fused-ring (bicyclic) bond motifs is 1. The number of nitro groups is 1. The molecule has 6 nitrogen and oxygen atoms in total. The van der Waals surface area contributed by atoms with Crippen LogP contribution in [0.2, 0.25) is 0 Å². The van der Waals surface area contributed by atoms with Gasteiger partial charge in [0.2, 0.25) is 0 Å². The molecule has 3 rings (SSSR count). The maximum Gasteiger partial charge on any atom is 0.271 e. The predicted molar refractivity (Wildman–Crippen MR) is 87.6 cm³/mol. The fourth-order valence-electron chi connectivity index (χ4n) is 2.47. The first-order chi connectivity index (χ1) is 11.0. The Kier molecular flexibility index (Phi) is 3.97. The average molecular weight is 311 g/mol. The molecule has 0 radical (unpaired) electrons. The second-order valence-corrected chi connectivity index (χ2v) is 5.62. The van der Waals surface area contributed by atoms with Crippen LogP contribution in [-0.2, 0) is 6.61 Å². The minimum absolute atomic E-state index is 0.0405. The van der Waals surface area contributed by atoms with E-state index in [1.165, 1.54) is 12.1 Å². The van der Waals surface area contributed by atoms with Crippen LogP contribution in [0.5, 0.6) is 5.75 Å². The van der Waals surface area contributed by atoms with Crippen molar-refractivity contribution in [2.75, 3.05) is 0 Å². The minimum atomic E-state index is -0.421. The lowest BCUT2D eigenvalue weighted by Crippen LogP contribution is -2.01. The van der Waals surface area contributed by atoms with Crippen molar-refractivity contribution >= 4 is 16.7 Å². The number of nitro benzene ring substituents is 1. The fraction of sp³-hybridized carbons (Fsp3) is 0.235. The van der Waals surface area contributed by atoms with Crippen LogP contribution in [0.25, 0.3) is 11.0 Å². The van der Waals surface area contributed by atoms with Crippen LogP contribution in [0.3, 0.4) is 0 Å². The summed E-state index contributed by atoms with van der Waals surface area (Å²) in [5, 5.41) is 10.8. The van der Waals surface area contributed by atoms with Crippen LogP contribution in [0.1, 0.15) is 31.2 Å². The van der Waals surface area contributed by atoms with Crippen LogP contribution in [0, 0.1) is 10.1 Å². The van der Waals surface area contributed by atoms with Crippen LogP contribution in [0.4, 0.5) is 5.69 Å². The molecule has 0 atom stereocenters. The number of ether oxygens (including phenoxy) is 1. The number of rotatable bonds is 5. The molecule has 1 aromatic heterocycles. The monoisotopic (exact) mass is 311 g/mol. The quantitative estimate of drug-likeness (QED) is 0.566. The summed E-state index contributed by atoms with van der Waals surface area (Å²) >= 11 is 0. The number of imidazole rings is 1. The van der Waals surface area contributed by atoms with Crippen molar-refractivity contribution < 1.29 is 9.66 Å². The number of nitrogens with one attached hydrogen (secondary N) is 1. The summed E-state index contributed by atoms with van der Waals surface area (Å²) < 4.78 is 5.86. The van der Waals surface area contributed by atoms with E-state index < -0.39 is 4.92 Å². The van der Waals surface area contributed by atoms with Crippen molar-refractivity contribution in [3.8, 4) is 5.75 Å². The van der Waals surface area contributed by atoms with Gasteiger partial charge in [-0.2, -0.15) is 0 Å². The third-order valence-corrected chi connectivity index (χ3v) is 3.63. The molecule has 2 aromatic carbocycles. The summed E-state index contributed by atoms with van der Waals surface area (Å²) in [5.74, 6) is 1.83. The highest BCUT2D eigenvalue weighted by atomic mass is 16.6. The molecule has 0 aliphatic carbocycles. The molecule has 1 heterocycles. The van der Waals surface area contributed by atoms with E-state index in [1.807, 2.05) is 24.3 Å². The normalized spacial score (nSPS) is 11.1. The number of aromatic nitrogens is 2. The van der Waals surface area contributed by atoms with Gasteiger partial charge < -0.3 is 9.72 Å². The van der Waals surface area contributed by atoms with Gasteiger partial charge in [-0.05, 0) is 23.6 Å². The maximum absolute atomic E-state index is 10.8. The number of H-pyrrole nitrogens is 1. The van der Waals surface area contributed by atoms with Crippen LogP contribution >= 0.6 is 0 Å². The van der Waals surface area contributed by atoms with Crippen molar-refractivity contribution in [1.82, 2.24) is 9.97 Å². The van der Waals surface area contributed by atoms with Gasteiger partial charge in [0, 0.05) is 12.1 Å². The molecule has 6 heteroatoms. The van der Waals surface area contributed by atoms with Gasteiger partial charge in [0.05, 0.1) is 16.0 Å². The number of hydrogen-bond donors (Lipinski definition) is 1. The van der Waals surface area contributed by atoms with E-state index >= 15 is 0 Å². The minimum Gasteiger partial charge on any atom is -0.485 e. The second-order valence-electron chi connectivity index (χ2n) is 5.62. The number of aromatic amines is 1. The average Bonchev–Trinajstić information content (AvgIpc) is 2.94. The molecule has 0 bridgehead atoms. The summed E-state index contributed by atoms with van der Waals surface area (Å²) in [7, 11) is 0. The van der Waals surface area contributed by atoms with Gasteiger partial charge in [-0.3, -0.25) is 10.1 Å². The highest BCUT2D eigenvalue weighted by Gasteiger charge is 2.11. The Hall–Kier alpha value is -2.89. The van der Waals surface area contributed by atoms with E-state index in [-0.39, 0.29) is 12.3 Å². The van der Waals surface area contributed by atoms with E-state index in [4.69, 9.17) is 4.74 Å². The maximum atomic E-state index is 10.8. The lowest BCUT2D eigenvalue weighted by Gasteiger charge is -2.12. The van der Waals surface area contributed by atoms with Gasteiger partial charge in [-0.1, -0.05) is 32.0 Å². The van der Waals surface area contributed by atoms with E-state index in [0.29, 0.717) is 22.8 Å². The molecule has 1 N–H and O–H groups in total. The van der Waals surface area contributed by atoms with Gasteiger partial charge in [-0.25, -0.2) is 4.98 Å². The molecule has 3 aromatic rings. The molecule has 23 heavy (non-hydrogen) atoms. The summed E-state index contributed by atoms with van der Waals surface area (Å²) in [4.78, 5) is 17.9. The molecule has 0 unspecified atom stereocenters. The van der Waals surface area contributed by atoms with Crippen LogP contribution in [0.15, 0.2) is 42.5 Å². The highest BCUT2D eigenvalue weighted by Crippen LogP contribution is 2.26. The number of para-hydroxylation sites is 1. The topological polar surface area (TPSA) is 81.1 Å². The molecule has 0 fully saturated rings. The first kappa shape index (κ1) is 15.0. The Balaban J connectivity index is 1.81. The number of non-ortho nitro benzene ring substituents is 1. The lowest BCUT2D eigenvalue weighted by atomic mass is 10.0. The van der Waals surface area contributed by atoms with Crippen molar-refractivity contribution in [2.45, 2.75) is 26.4 Å². The fourth-order valence-corrected chi connectivity index (χ4v) is 2.47. The van der Waals surface area contributed by atoms with Gasteiger partial charge in [0.25, 0.3) is 5.69 Å². The van der Waals surface area contributed by atoms with Crippen LogP contribution in [-0.4, -0.2) is 14.9 Å². The van der Waals surface area contributed by atoms with Crippen molar-refractivity contribution in [3.63, 3.8) is 0 Å². The predicted octanol–water partition coefficient (Wildman–Crippen LogP) is 4.17. The highest BCUT2D eigenvalue weighted by molar-refractivity contribution is 5.77. The van der Waals surface area contributed by atoms with Gasteiger partial charge in [-0.15, -0.1) is 0 Å². The first-order valence-electron chi connectivity index (χ1n) is 7.39. The van der Waals surface area contributed by atoms with Crippen molar-refractivity contribution in [1.29, 1.82) is 0 Å². The second kappa shape index (κ2) is 6.08. The SMILES string of the molecule is CC(C)c1ccccc1OCc1nc2ccc([N+](=O)[O-])cc2[nH]1. The van der Waals surface area contributed by atoms with Gasteiger partial charge in [0.1, 0.15) is 18.2 Å². The lowest BCUT2D eigenvalue weighted by molar-refractivity contribution is -0.384. The zero-order chi connectivity index (χ0) is 16.4. The molecule has 0 spiro atoms. The third kappa shape index (κ3) is 3.15. The molecule has 0 aliphatic heterocycles. The van der Waals surface area contributed by atoms with Gasteiger partial charge in [0.15, 0.2) is 0 Å². The van der Waals surface area contributed by atoms with Gasteiger partial charge >= 0.3 is 0 Å². The number of nitrogens with zero attached hydrogens (tertiary/aromatic N) is 2. The van der Waals surface area contributed by atoms with E-state index in [0.717, 1.165) is 11.3 Å². The Labute approximate surface area is 133 Å². The number of hydrogen-bond acceptors (Lipinski definition) is 4. The summed E-state index contributed by atoms with van der Waals surface area (Å²) in [6.45, 7) is 4.51. The molecular weight excluding hydrogens is 294 g/mol. The molecule has 0 saturated carbocycles. The molecular formula is C17H17N3O3. The largest absolute Gasteiger partial charge is 0.485 e. The molecule has 118 valence electrons. The van der Waals surface area contributed by atoms with Crippen molar-refractivity contribution in [2.24, 2.45) is 0 Å². The Bertz CT molecular complexity index is 855. The zero-order valence-electron chi connectivity index (χ0n) is 12.9. The summed E-state index contributed by atoms with van der Waals surface area (Å²) in [6, 6.07) is 12.5. The summed E-state index contributed by atoms with van der Waals surface area (Å²) in [5.41, 5.74) is 2.50. The smallest absolute Gasteiger partial charge is 0.271 e. The molecule has 0 amide bonds. The zero-order valence-corrected chi connectivity index (χ0v) is 12.9. The number of benzene rings is 2. The molecule has 0 saturated heterocycles. The molecule has 0 aliphatic rings. The van der Waals surface area contributed by atoms with Crippen LogP contribution < -0.4 is 4.74 Å². The third-order valence-electron chi connectivity index (χ3n) is 3.63. The Morgan fingerprint density at radius 3 is 2.78 bits per heavy atom. The standard InChI is InChI=1S/C17H17N3O3/c1-11(2)13-5-3-4-6-16(13)23-10-17-18-14-8-7-12(20(21)22)9-15(14)19-17/h3-9,11H,10H2,1-2H3,(H,18,19).